The van der Waals surface area contributed by atoms with Crippen LogP contribution in [0.1, 0.15) is 25.3 Å². The van der Waals surface area contributed by atoms with Gasteiger partial charge in [0.05, 0.1) is 27.4 Å². The molecule has 1 amide bonds. The Morgan fingerprint density at radius 1 is 1.27 bits per heavy atom. The summed E-state index contributed by atoms with van der Waals surface area (Å²) in [6.07, 6.45) is 1.37. The normalized spacial score (nSPS) is 15.5. The summed E-state index contributed by atoms with van der Waals surface area (Å²) in [6, 6.07) is 5.86. The first kappa shape index (κ1) is 19.7. The molecule has 0 bridgehead atoms. The van der Waals surface area contributed by atoms with Crippen molar-refractivity contribution in [2.75, 3.05) is 33.9 Å². The standard InChI is InChI=1S/C18H28N4O4/c1-4-26-18(23)22-9-7-14(8-10-22)21-17(19)20-12-13-5-6-15(24-2)16(11-13)25-3/h5-6,11,14H,4,7-10,12H2,1-3H3,(H3,19,20,21). The molecule has 1 aromatic rings. The highest BCUT2D eigenvalue weighted by atomic mass is 16.6. The summed E-state index contributed by atoms with van der Waals surface area (Å²) in [6.45, 7) is 3.95. The molecule has 26 heavy (non-hydrogen) atoms. The quantitative estimate of drug-likeness (QED) is 0.589. The highest BCUT2D eigenvalue weighted by molar-refractivity contribution is 5.78. The van der Waals surface area contributed by atoms with E-state index in [9.17, 15) is 4.79 Å². The Balaban J connectivity index is 1.83. The maximum absolute atomic E-state index is 11.7. The first-order valence-corrected chi connectivity index (χ1v) is 8.76. The molecule has 0 atom stereocenters. The summed E-state index contributed by atoms with van der Waals surface area (Å²) < 4.78 is 15.5. The Morgan fingerprint density at radius 2 is 1.96 bits per heavy atom. The number of nitrogens with one attached hydrogen (secondary N) is 1. The van der Waals surface area contributed by atoms with E-state index in [1.807, 2.05) is 25.1 Å². The van der Waals surface area contributed by atoms with Gasteiger partial charge in [-0.05, 0) is 37.5 Å². The van der Waals surface area contributed by atoms with E-state index in [4.69, 9.17) is 19.9 Å². The summed E-state index contributed by atoms with van der Waals surface area (Å²) >= 11 is 0. The molecular weight excluding hydrogens is 336 g/mol. The van der Waals surface area contributed by atoms with E-state index in [0.717, 1.165) is 18.4 Å². The van der Waals surface area contributed by atoms with Crippen LogP contribution < -0.4 is 20.5 Å². The topological polar surface area (TPSA) is 98.4 Å². The molecule has 8 heteroatoms. The minimum atomic E-state index is -0.249. The van der Waals surface area contributed by atoms with Crippen molar-refractivity contribution >= 4 is 12.1 Å². The fourth-order valence-corrected chi connectivity index (χ4v) is 2.83. The van der Waals surface area contributed by atoms with Gasteiger partial charge in [-0.15, -0.1) is 0 Å². The van der Waals surface area contributed by atoms with Gasteiger partial charge in [-0.3, -0.25) is 0 Å². The van der Waals surface area contributed by atoms with Crippen LogP contribution in [0.15, 0.2) is 23.2 Å². The Kier molecular flexibility index (Phi) is 7.37. The SMILES string of the molecule is CCOC(=O)N1CCC(NC(N)=NCc2ccc(OC)c(OC)c2)CC1. The number of carbonyl (C=O) groups excluding carboxylic acids is 1. The van der Waals surface area contributed by atoms with Gasteiger partial charge in [0.1, 0.15) is 0 Å². The number of nitrogens with zero attached hydrogens (tertiary/aromatic N) is 2. The van der Waals surface area contributed by atoms with E-state index in [1.54, 1.807) is 19.1 Å². The van der Waals surface area contributed by atoms with Gasteiger partial charge in [0, 0.05) is 19.1 Å². The van der Waals surface area contributed by atoms with Crippen LogP contribution in [0.2, 0.25) is 0 Å². The monoisotopic (exact) mass is 364 g/mol. The van der Waals surface area contributed by atoms with Crippen LogP contribution in [-0.2, 0) is 11.3 Å². The van der Waals surface area contributed by atoms with E-state index in [2.05, 4.69) is 10.3 Å². The summed E-state index contributed by atoms with van der Waals surface area (Å²) in [5, 5.41) is 3.22. The van der Waals surface area contributed by atoms with Gasteiger partial charge in [0.25, 0.3) is 0 Å². The molecular formula is C18H28N4O4. The lowest BCUT2D eigenvalue weighted by Crippen LogP contribution is -2.48. The highest BCUT2D eigenvalue weighted by Crippen LogP contribution is 2.27. The van der Waals surface area contributed by atoms with Gasteiger partial charge < -0.3 is 30.2 Å². The zero-order valence-corrected chi connectivity index (χ0v) is 15.7. The van der Waals surface area contributed by atoms with E-state index in [0.29, 0.717) is 43.7 Å². The molecule has 1 saturated heterocycles. The number of ether oxygens (including phenoxy) is 3. The second-order valence-electron chi connectivity index (χ2n) is 6.00. The third-order valence-corrected chi connectivity index (χ3v) is 4.25. The maximum Gasteiger partial charge on any atom is 0.409 e. The zero-order valence-electron chi connectivity index (χ0n) is 15.7. The summed E-state index contributed by atoms with van der Waals surface area (Å²) in [5.41, 5.74) is 6.98. The van der Waals surface area contributed by atoms with E-state index < -0.39 is 0 Å². The zero-order chi connectivity index (χ0) is 18.9. The fourth-order valence-electron chi connectivity index (χ4n) is 2.83. The molecule has 1 fully saturated rings. The van der Waals surface area contributed by atoms with Crippen molar-refractivity contribution in [2.24, 2.45) is 10.7 Å². The Morgan fingerprint density at radius 3 is 2.58 bits per heavy atom. The molecule has 1 heterocycles. The van der Waals surface area contributed by atoms with Crippen LogP contribution >= 0.6 is 0 Å². The van der Waals surface area contributed by atoms with Crippen molar-refractivity contribution < 1.29 is 19.0 Å². The number of aliphatic imine (C=N–C) groups is 1. The second-order valence-corrected chi connectivity index (χ2v) is 6.00. The molecule has 0 aliphatic carbocycles. The number of amides is 1. The second kappa shape index (κ2) is 9.74. The molecule has 0 spiro atoms. The van der Waals surface area contributed by atoms with Crippen molar-refractivity contribution in [3.8, 4) is 11.5 Å². The Labute approximate surface area is 154 Å². The number of benzene rings is 1. The largest absolute Gasteiger partial charge is 0.493 e. The van der Waals surface area contributed by atoms with Crippen molar-refractivity contribution in [2.45, 2.75) is 32.4 Å². The van der Waals surface area contributed by atoms with E-state index in [1.165, 1.54) is 0 Å². The lowest BCUT2D eigenvalue weighted by Gasteiger charge is -2.31. The van der Waals surface area contributed by atoms with Gasteiger partial charge in [-0.25, -0.2) is 9.79 Å². The molecule has 0 aromatic heterocycles. The number of piperidine rings is 1. The molecule has 2 rings (SSSR count). The van der Waals surface area contributed by atoms with Crippen LogP contribution in [0.25, 0.3) is 0 Å². The Bertz CT molecular complexity index is 628. The third kappa shape index (κ3) is 5.44. The number of nitrogens with two attached hydrogens (primary N) is 1. The van der Waals surface area contributed by atoms with Crippen molar-refractivity contribution in [3.05, 3.63) is 23.8 Å². The number of hydrogen-bond acceptors (Lipinski definition) is 5. The van der Waals surface area contributed by atoms with Crippen molar-refractivity contribution in [3.63, 3.8) is 0 Å². The van der Waals surface area contributed by atoms with Gasteiger partial charge >= 0.3 is 6.09 Å². The number of carbonyl (C=O) groups is 1. The molecule has 1 aliphatic rings. The van der Waals surface area contributed by atoms with Crippen molar-refractivity contribution in [1.29, 1.82) is 0 Å². The lowest BCUT2D eigenvalue weighted by atomic mass is 10.1. The van der Waals surface area contributed by atoms with Gasteiger partial charge in [-0.2, -0.15) is 0 Å². The van der Waals surface area contributed by atoms with Gasteiger partial charge in [0.15, 0.2) is 17.5 Å². The molecule has 1 aromatic carbocycles. The lowest BCUT2D eigenvalue weighted by molar-refractivity contribution is 0.0963. The minimum Gasteiger partial charge on any atom is -0.493 e. The Hall–Kier alpha value is -2.64. The average molecular weight is 364 g/mol. The summed E-state index contributed by atoms with van der Waals surface area (Å²) in [5.74, 6) is 1.74. The van der Waals surface area contributed by atoms with Gasteiger partial charge in [0.2, 0.25) is 0 Å². The number of guanidine groups is 1. The summed E-state index contributed by atoms with van der Waals surface area (Å²) in [4.78, 5) is 17.8. The summed E-state index contributed by atoms with van der Waals surface area (Å²) in [7, 11) is 3.20. The molecule has 0 saturated carbocycles. The van der Waals surface area contributed by atoms with Crippen molar-refractivity contribution in [1.82, 2.24) is 10.2 Å². The molecule has 3 N–H and O–H groups in total. The number of hydrogen-bond donors (Lipinski definition) is 2. The van der Waals surface area contributed by atoms with Crippen LogP contribution in [0, 0.1) is 0 Å². The average Bonchev–Trinajstić information content (AvgIpc) is 2.66. The van der Waals surface area contributed by atoms with Crippen LogP contribution in [0.5, 0.6) is 11.5 Å². The van der Waals surface area contributed by atoms with E-state index in [-0.39, 0.29) is 12.1 Å². The molecule has 8 nitrogen and oxygen atoms in total. The minimum absolute atomic E-state index is 0.204. The first-order valence-electron chi connectivity index (χ1n) is 8.76. The third-order valence-electron chi connectivity index (χ3n) is 4.25. The highest BCUT2D eigenvalue weighted by Gasteiger charge is 2.23. The van der Waals surface area contributed by atoms with Crippen LogP contribution in [0.4, 0.5) is 4.79 Å². The fraction of sp³-hybridized carbons (Fsp3) is 0.556. The van der Waals surface area contributed by atoms with E-state index >= 15 is 0 Å². The molecule has 0 unspecified atom stereocenters. The number of rotatable bonds is 6. The number of methoxy groups -OCH3 is 2. The predicted octanol–water partition coefficient (Wildman–Crippen LogP) is 1.73. The van der Waals surface area contributed by atoms with Gasteiger partial charge in [-0.1, -0.05) is 6.07 Å². The first-order chi connectivity index (χ1) is 12.6. The number of likely N-dealkylation sites (tertiary alicyclic amines) is 1. The maximum atomic E-state index is 11.7. The smallest absolute Gasteiger partial charge is 0.409 e. The van der Waals surface area contributed by atoms with Crippen LogP contribution in [-0.4, -0.2) is 56.9 Å². The molecule has 1 aliphatic heterocycles. The molecule has 144 valence electrons. The predicted molar refractivity (Wildman–Crippen MR) is 99.6 cm³/mol. The molecule has 0 radical (unpaired) electrons. The van der Waals surface area contributed by atoms with Crippen LogP contribution in [0.3, 0.4) is 0 Å².